The van der Waals surface area contributed by atoms with E-state index in [1.165, 1.54) is 27.7 Å². The van der Waals surface area contributed by atoms with E-state index in [1.54, 1.807) is 27.7 Å². The second-order valence-corrected chi connectivity index (χ2v) is 9.66. The van der Waals surface area contributed by atoms with Gasteiger partial charge in [-0.3, -0.25) is 19.2 Å². The van der Waals surface area contributed by atoms with Crippen molar-refractivity contribution in [3.63, 3.8) is 0 Å². The van der Waals surface area contributed by atoms with Crippen molar-refractivity contribution < 1.29 is 57.9 Å². The van der Waals surface area contributed by atoms with Gasteiger partial charge in [0.15, 0.2) is 6.10 Å². The number of rotatable bonds is 16. The van der Waals surface area contributed by atoms with Crippen LogP contribution in [0.25, 0.3) is 0 Å². The molecular weight excluding hydrogens is 528 g/mol. The lowest BCUT2D eigenvalue weighted by atomic mass is 9.93. The summed E-state index contributed by atoms with van der Waals surface area (Å²) >= 11 is 0. The van der Waals surface area contributed by atoms with E-state index in [4.69, 9.17) is 24.1 Å². The van der Waals surface area contributed by atoms with E-state index in [0.717, 1.165) is 0 Å². The highest BCUT2D eigenvalue weighted by Crippen LogP contribution is 2.15. The van der Waals surface area contributed by atoms with E-state index in [1.807, 2.05) is 0 Å². The summed E-state index contributed by atoms with van der Waals surface area (Å²) in [6, 6.07) is 0. The Morgan fingerprint density at radius 1 is 0.625 bits per heavy atom. The number of ether oxygens (including phenoxy) is 4. The molecule has 0 aromatic rings. The van der Waals surface area contributed by atoms with Crippen LogP contribution in [0.1, 0.15) is 55.4 Å². The molecule has 0 rings (SSSR count). The van der Waals surface area contributed by atoms with Crippen LogP contribution in [0.4, 0.5) is 0 Å². The molecule has 0 heterocycles. The molecule has 0 spiro atoms. The highest BCUT2D eigenvalue weighted by Gasteiger charge is 2.27. The van der Waals surface area contributed by atoms with Gasteiger partial charge in [0.2, 0.25) is 0 Å². The van der Waals surface area contributed by atoms with E-state index in [-0.39, 0.29) is 42.5 Å². The lowest BCUT2D eigenvalue weighted by Gasteiger charge is -2.19. The number of ketones is 2. The first kappa shape index (κ1) is 38.8. The third-order valence-corrected chi connectivity index (χ3v) is 5.94. The molecule has 228 valence electrons. The lowest BCUT2D eigenvalue weighted by molar-refractivity contribution is -0.162. The van der Waals surface area contributed by atoms with Crippen LogP contribution in [0.15, 0.2) is 24.3 Å². The zero-order chi connectivity index (χ0) is 31.7. The Labute approximate surface area is 235 Å². The fourth-order valence-electron chi connectivity index (χ4n) is 2.45. The molecule has 0 fully saturated rings. The van der Waals surface area contributed by atoms with Crippen LogP contribution in [0.5, 0.6) is 0 Å². The molecule has 0 aromatic heterocycles. The Morgan fingerprint density at radius 3 is 1.35 bits per heavy atom. The summed E-state index contributed by atoms with van der Waals surface area (Å²) in [7, 11) is 0. The van der Waals surface area contributed by atoms with Crippen molar-refractivity contribution in [1.29, 1.82) is 0 Å². The van der Waals surface area contributed by atoms with Gasteiger partial charge in [-0.15, -0.1) is 0 Å². The minimum atomic E-state index is -1.11. The van der Waals surface area contributed by atoms with Crippen molar-refractivity contribution in [2.24, 2.45) is 23.7 Å². The van der Waals surface area contributed by atoms with Crippen LogP contribution in [-0.4, -0.2) is 84.3 Å². The number of Topliss-reactive ketones (excluding diaryl/α,β-unsaturated/α-hetero) is 2. The Hall–Kier alpha value is -3.38. The van der Waals surface area contributed by atoms with E-state index < -0.39 is 66.4 Å². The van der Waals surface area contributed by atoms with Crippen LogP contribution in [0.3, 0.4) is 0 Å². The van der Waals surface area contributed by atoms with Gasteiger partial charge >= 0.3 is 23.9 Å². The summed E-state index contributed by atoms with van der Waals surface area (Å²) in [6.45, 7) is 17.7. The summed E-state index contributed by atoms with van der Waals surface area (Å²) in [4.78, 5) is 68.0. The van der Waals surface area contributed by atoms with Crippen molar-refractivity contribution >= 4 is 35.4 Å². The molecule has 0 aliphatic carbocycles. The minimum Gasteiger partial charge on any atom is -0.463 e. The molecule has 0 aliphatic heterocycles. The van der Waals surface area contributed by atoms with Gasteiger partial charge in [-0.25, -0.2) is 9.59 Å². The van der Waals surface area contributed by atoms with Crippen LogP contribution in [0, 0.1) is 23.7 Å². The number of carbonyl (C=O) groups is 6. The number of hydrogen-bond acceptors (Lipinski definition) is 12. The third kappa shape index (κ3) is 15.9. The van der Waals surface area contributed by atoms with Crippen LogP contribution in [-0.2, 0) is 47.7 Å². The maximum absolute atomic E-state index is 11.7. The van der Waals surface area contributed by atoms with Gasteiger partial charge in [-0.2, -0.15) is 0 Å². The largest absolute Gasteiger partial charge is 0.463 e. The highest BCUT2D eigenvalue weighted by molar-refractivity contribution is 5.87. The van der Waals surface area contributed by atoms with Gasteiger partial charge in [-0.05, 0) is 27.7 Å². The number of hydrogen-bond donors (Lipinski definition) is 2. The molecule has 12 heteroatoms. The van der Waals surface area contributed by atoms with Crippen LogP contribution < -0.4 is 0 Å². The number of aliphatic hydroxyl groups is 2. The number of aliphatic hydroxyl groups excluding tert-OH is 2. The summed E-state index contributed by atoms with van der Waals surface area (Å²) in [5.74, 6) is -4.71. The van der Waals surface area contributed by atoms with Gasteiger partial charge in [0.05, 0.1) is 18.4 Å². The molecule has 0 bridgehead atoms. The molecule has 40 heavy (non-hydrogen) atoms. The lowest BCUT2D eigenvalue weighted by Crippen LogP contribution is -2.32. The minimum absolute atomic E-state index is 0.106. The Bertz CT molecular complexity index is 922. The maximum Gasteiger partial charge on any atom is 0.333 e. The van der Waals surface area contributed by atoms with Gasteiger partial charge < -0.3 is 29.2 Å². The molecule has 6 atom stereocenters. The zero-order valence-electron chi connectivity index (χ0n) is 24.7. The normalized spacial score (nSPS) is 14.8. The van der Waals surface area contributed by atoms with Crippen molar-refractivity contribution in [3.8, 4) is 0 Å². The molecule has 12 nitrogen and oxygen atoms in total. The first-order valence-electron chi connectivity index (χ1n) is 12.7. The summed E-state index contributed by atoms with van der Waals surface area (Å²) in [5, 5.41) is 18.6. The highest BCUT2D eigenvalue weighted by atomic mass is 16.6. The van der Waals surface area contributed by atoms with Crippen molar-refractivity contribution in [2.45, 2.75) is 67.6 Å². The number of carbonyl (C=O) groups excluding carboxylic acids is 6. The van der Waals surface area contributed by atoms with Crippen molar-refractivity contribution in [3.05, 3.63) is 24.3 Å². The second-order valence-electron chi connectivity index (χ2n) is 9.66. The molecule has 0 aliphatic rings. The van der Waals surface area contributed by atoms with Gasteiger partial charge in [0, 0.05) is 23.0 Å². The van der Waals surface area contributed by atoms with Crippen molar-refractivity contribution in [2.75, 3.05) is 26.4 Å². The summed E-state index contributed by atoms with van der Waals surface area (Å²) < 4.78 is 19.4. The van der Waals surface area contributed by atoms with Crippen molar-refractivity contribution in [1.82, 2.24) is 0 Å². The average molecular weight is 573 g/mol. The second kappa shape index (κ2) is 19.6. The fourth-order valence-corrected chi connectivity index (χ4v) is 2.45. The average Bonchev–Trinajstić information content (AvgIpc) is 2.90. The Morgan fingerprint density at radius 2 is 1.00 bits per heavy atom. The molecular formula is C28H44O12. The van der Waals surface area contributed by atoms with E-state index >= 15 is 0 Å². The molecule has 6 unspecified atom stereocenters. The van der Waals surface area contributed by atoms with Gasteiger partial charge in [-0.1, -0.05) is 40.9 Å². The summed E-state index contributed by atoms with van der Waals surface area (Å²) in [5.41, 5.74) is 0.409. The van der Waals surface area contributed by atoms with Crippen LogP contribution in [0.2, 0.25) is 0 Å². The molecule has 0 amide bonds. The van der Waals surface area contributed by atoms with E-state index in [0.29, 0.717) is 0 Å². The molecule has 2 N–H and O–H groups in total. The zero-order valence-corrected chi connectivity index (χ0v) is 24.7. The molecule has 0 saturated carbocycles. The topological polar surface area (TPSA) is 180 Å². The predicted octanol–water partition coefficient (Wildman–Crippen LogP) is 1.74. The Balaban J connectivity index is 0. The quantitative estimate of drug-likeness (QED) is 0.156. The SMILES string of the molecule is C=C(C)C(=O)OC(CO)COC(=O)C(C)C(C)C(C)=O.C=C(C)C(=O)OCC(O)COC(=O)C(C)C(C)C(C)=O. The molecule has 0 aromatic carbocycles. The summed E-state index contributed by atoms with van der Waals surface area (Å²) in [6.07, 6.45) is -2.05. The predicted molar refractivity (Wildman–Crippen MR) is 143 cm³/mol. The third-order valence-electron chi connectivity index (χ3n) is 5.94. The number of esters is 4. The molecule has 0 radical (unpaired) electrons. The Kier molecular flexibility index (Phi) is 19.0. The first-order valence-corrected chi connectivity index (χ1v) is 12.7. The monoisotopic (exact) mass is 572 g/mol. The fraction of sp³-hybridized carbons (Fsp3) is 0.643. The standard InChI is InChI=1S/2C14H22O6/c1-8(2)13(17)19-6-12(16)7-20-14(18)10(4)9(3)11(5)15;1-8(2)13(17)20-12(6-15)7-19-14(18)10(4)9(3)11(5)16/h9-10,12,16H,1,6-7H2,2-5H3;9-10,12,15H,1,6-7H2,2-5H3. The van der Waals surface area contributed by atoms with E-state index in [2.05, 4.69) is 13.2 Å². The first-order chi connectivity index (χ1) is 18.4. The maximum atomic E-state index is 11.7. The van der Waals surface area contributed by atoms with Gasteiger partial charge in [0.25, 0.3) is 0 Å². The smallest absolute Gasteiger partial charge is 0.333 e. The van der Waals surface area contributed by atoms with Crippen LogP contribution >= 0.6 is 0 Å². The van der Waals surface area contributed by atoms with E-state index in [9.17, 15) is 33.9 Å². The van der Waals surface area contributed by atoms with Gasteiger partial charge in [0.1, 0.15) is 37.5 Å². The molecule has 0 saturated heterocycles.